The van der Waals surface area contributed by atoms with E-state index in [4.69, 9.17) is 322 Å². The van der Waals surface area contributed by atoms with Crippen molar-refractivity contribution in [2.75, 3.05) is 0 Å². The van der Waals surface area contributed by atoms with Crippen LogP contribution in [0.15, 0.2) is 0 Å². The van der Waals surface area contributed by atoms with E-state index in [2.05, 4.69) is 0 Å². The van der Waals surface area contributed by atoms with Crippen molar-refractivity contribution in [3.8, 4) is 0 Å². The van der Waals surface area contributed by atoms with Crippen molar-refractivity contribution in [1.82, 2.24) is 0 Å². The predicted octanol–water partition coefficient (Wildman–Crippen LogP) is -8.12. The summed E-state index contributed by atoms with van der Waals surface area (Å²) in [5, 5.41) is 298. The molecule has 504 valence electrons. The second-order valence-electron chi connectivity index (χ2n) is 4.85. The molecule has 0 aromatic rings. The summed E-state index contributed by atoms with van der Waals surface area (Å²) >= 11 is 0. The minimum atomic E-state index is -1.75. The molecule has 0 unspecified atom stereocenters. The van der Waals surface area contributed by atoms with Crippen molar-refractivity contribution < 1.29 is 164 Å². The summed E-state index contributed by atoms with van der Waals surface area (Å²) in [6, 6.07) is 0. The molecule has 0 aliphatic heterocycles. The van der Waals surface area contributed by atoms with Gasteiger partial charge in [-0.3, -0.25) is 0 Å². The summed E-state index contributed by atoms with van der Waals surface area (Å²) in [5.74, 6) is 0. The summed E-state index contributed by atoms with van der Waals surface area (Å²) < 4.78 is 0. The molecule has 0 aliphatic rings. The molecule has 0 fully saturated rings. The van der Waals surface area contributed by atoms with E-state index < -0.39 is 107 Å². The molecule has 0 rings (SSSR count). The van der Waals surface area contributed by atoms with Crippen LogP contribution in [0.4, 0.5) is 0 Å². The summed E-state index contributed by atoms with van der Waals surface area (Å²) in [5.41, 5.74) is 0. The summed E-state index contributed by atoms with van der Waals surface area (Å²) in [7, 11) is 0. The minimum Gasteiger partial charge on any atom is -0.356 e. The van der Waals surface area contributed by atoms with Gasteiger partial charge in [0.2, 0.25) is 0 Å². The van der Waals surface area contributed by atoms with Crippen LogP contribution in [0, 0.1) is 264 Å². The monoisotopic (exact) mass is 1430 g/mol. The van der Waals surface area contributed by atoms with Crippen LogP contribution in [0.3, 0.4) is 0 Å². The Morgan fingerprint density at radius 3 is 0.112 bits per heavy atom. The average molecular weight is 1430 g/mol. The number of hydrogen-bond donors (Lipinski definition) is 11. The maximum atomic E-state index is 8.36. The van der Waals surface area contributed by atoms with Gasteiger partial charge in [-0.05, 0) is 0 Å². The van der Waals surface area contributed by atoms with Gasteiger partial charge in [0.15, 0.2) is 0 Å². The van der Waals surface area contributed by atoms with Gasteiger partial charge in [-0.1, -0.05) is 0 Å². The Hall–Kier alpha value is -13.0. The van der Waals surface area contributed by atoms with E-state index in [9.17, 15) is 0 Å². The smallest absolute Gasteiger partial charge is 0.356 e. The molecule has 0 radical (unpaired) electrons. The van der Waals surface area contributed by atoms with Gasteiger partial charge in [-0.2, -0.15) is 0 Å². The summed E-state index contributed by atoms with van der Waals surface area (Å²) in [6.45, 7) is 0. The Kier molecular flexibility index (Phi) is 316. The predicted molar refractivity (Wildman–Crippen MR) is 229 cm³/mol. The Labute approximate surface area is 541 Å². The Balaban J connectivity index is -0.0000000195. The topological polar surface area (TPSA) is 1360 Å². The van der Waals surface area contributed by atoms with Crippen molar-refractivity contribution in [3.63, 3.8) is 0 Å². The minimum absolute atomic E-state index is 0. The third kappa shape index (κ3) is 2380. The van der Waals surface area contributed by atoms with Crippen molar-refractivity contribution >= 4 is 115 Å². The van der Waals surface area contributed by atoms with Crippen molar-refractivity contribution in [2.45, 2.75) is 0 Å². The van der Waals surface area contributed by atoms with Crippen LogP contribution in [-0.2, 0) is 0 Å². The second-order valence-corrected chi connectivity index (χ2v) is 4.85. The molecule has 0 saturated heterocycles. The molecular formula is H11Mg5N21O63. The third-order valence-electron chi connectivity index (χ3n) is 0. The third-order valence-corrected chi connectivity index (χ3v) is 0. The van der Waals surface area contributed by atoms with E-state index in [-0.39, 0.29) is 115 Å². The fourth-order valence-corrected chi connectivity index (χ4v) is 0. The van der Waals surface area contributed by atoms with Gasteiger partial charge in [0.25, 0.3) is 56.0 Å². The Morgan fingerprint density at radius 2 is 0.112 bits per heavy atom. The van der Waals surface area contributed by atoms with E-state index in [1.165, 1.54) is 0 Å². The average Bonchev–Trinajstić information content (AvgIpc) is 3.03. The van der Waals surface area contributed by atoms with Gasteiger partial charge in [0.05, 0.1) is 50.9 Å². The van der Waals surface area contributed by atoms with Crippen LogP contribution in [-0.4, -0.2) is 279 Å². The SMILES string of the molecule is O=[N+]([O-])O.O=[N+]([O-])O.O=[N+]([O-])O.O=[N+]([O-])O.O=[N+]([O-])O.O=[N+]([O-])O.O=[N+]([O-])O.O=[N+]([O-])O.O=[N+]([O-])O.O=[N+]([O-])O.O=[N+]([O-])O.O=[N+]([O-])[O-].O=[N+]([O-])[O-].O=[N+]([O-])[O-].O=[N+]([O-])[O-].O=[N+]([O-])[O-].O=[N+]([O-])[O-].O=[N+]([O-])[O-].O=[N+]([O-])[O-].O=[N+]([O-])[O-].O=[N+]([O-])[O-].[Mg+2].[Mg+2].[Mg+2].[Mg+2].[Mg+2]. The van der Waals surface area contributed by atoms with Crippen LogP contribution in [0.25, 0.3) is 0 Å². The molecule has 89 heavy (non-hydrogen) atoms. The fraction of sp³-hybridized carbons (Fsp3) is 0. The second kappa shape index (κ2) is 164. The molecule has 0 spiro atoms. The fourth-order valence-electron chi connectivity index (χ4n) is 0. The van der Waals surface area contributed by atoms with Gasteiger partial charge in [-0.25, -0.2) is 0 Å². The largest absolute Gasteiger partial charge is 2.00 e. The van der Waals surface area contributed by atoms with Crippen LogP contribution < -0.4 is 0 Å². The van der Waals surface area contributed by atoms with Gasteiger partial charge in [0, 0.05) is 0 Å². The van der Waals surface area contributed by atoms with Gasteiger partial charge in [0.1, 0.15) is 0 Å². The van der Waals surface area contributed by atoms with Crippen LogP contribution in [0.1, 0.15) is 0 Å². The first-order valence-electron chi connectivity index (χ1n) is 11.7. The first-order chi connectivity index (χ1) is 36.4. The van der Waals surface area contributed by atoms with Crippen molar-refractivity contribution in [2.24, 2.45) is 0 Å². The van der Waals surface area contributed by atoms with Gasteiger partial charge in [-0.15, -0.1) is 111 Å². The van der Waals surface area contributed by atoms with Gasteiger partial charge < -0.3 is 210 Å². The molecule has 89 heteroatoms. The molecule has 0 atom stereocenters. The normalized spacial score (nSPS) is 5.66. The number of nitrogens with zero attached hydrogens (tertiary/aromatic N) is 21. The zero-order valence-corrected chi connectivity index (χ0v) is 46.1. The van der Waals surface area contributed by atoms with E-state index in [1.807, 2.05) is 0 Å². The van der Waals surface area contributed by atoms with Crippen LogP contribution in [0.2, 0.25) is 0 Å². The quantitative estimate of drug-likeness (QED) is 0.0610. The van der Waals surface area contributed by atoms with E-state index in [0.29, 0.717) is 0 Å². The van der Waals surface area contributed by atoms with Gasteiger partial charge >= 0.3 is 115 Å². The van der Waals surface area contributed by atoms with E-state index in [0.717, 1.165) is 0 Å². The van der Waals surface area contributed by atoms with Crippen molar-refractivity contribution in [1.29, 1.82) is 0 Å². The van der Waals surface area contributed by atoms with E-state index >= 15 is 0 Å². The van der Waals surface area contributed by atoms with Crippen molar-refractivity contribution in [3.05, 3.63) is 264 Å². The molecule has 0 aliphatic carbocycles. The Bertz CT molecular complexity index is 1130. The zero-order chi connectivity index (χ0) is 75.1. The number of hydrogen-bond acceptors (Lipinski definition) is 52. The molecule has 0 aromatic heterocycles. The molecule has 11 N–H and O–H groups in total. The molecule has 84 nitrogen and oxygen atoms in total. The first kappa shape index (κ1) is 171. The summed E-state index contributed by atoms with van der Waals surface area (Å²) in [4.78, 5) is 174. The van der Waals surface area contributed by atoms with Crippen LogP contribution in [0.5, 0.6) is 0 Å². The van der Waals surface area contributed by atoms with Crippen LogP contribution >= 0.6 is 0 Å². The Morgan fingerprint density at radius 1 is 0.112 bits per heavy atom. The zero-order valence-electron chi connectivity index (χ0n) is 39.1. The summed E-state index contributed by atoms with van der Waals surface area (Å²) in [6.07, 6.45) is 0. The number of rotatable bonds is 0. The molecule has 0 saturated carbocycles. The van der Waals surface area contributed by atoms with E-state index in [1.54, 1.807) is 0 Å². The molecular weight excluding hydrogens is 1420 g/mol. The first-order valence-corrected chi connectivity index (χ1v) is 11.7. The molecule has 0 aromatic carbocycles. The molecule has 0 bridgehead atoms. The standard InChI is InChI=1S/5Mg.11HNO3.10NO3/c;;;;;21*2-1(3)4/h;;;;;11*(H,2,3,4);;;;;;;;;;/q5*+2;;;;;;;;;;;;10*-1. The maximum absolute atomic E-state index is 8.36. The molecule has 0 amide bonds. The maximum Gasteiger partial charge on any atom is 2.00 e. The molecule has 0 heterocycles.